The van der Waals surface area contributed by atoms with Crippen LogP contribution in [-0.4, -0.2) is 25.7 Å². The van der Waals surface area contributed by atoms with Crippen LogP contribution in [0.25, 0.3) is 93.7 Å². The fraction of sp³-hybridized carbons (Fsp3) is 0.231. The summed E-state index contributed by atoms with van der Waals surface area (Å²) in [6.07, 6.45) is 2.12. The van der Waals surface area contributed by atoms with Crippen molar-refractivity contribution in [1.82, 2.24) is 18.7 Å². The van der Waals surface area contributed by atoms with Gasteiger partial charge in [0.15, 0.2) is 0 Å². The number of ether oxygens (including phenoxy) is 1. The molecule has 0 N–H and O–H groups in total. The van der Waals surface area contributed by atoms with Crippen molar-refractivity contribution in [3.63, 3.8) is 0 Å². The van der Waals surface area contributed by atoms with E-state index in [2.05, 4.69) is 303 Å². The first-order chi connectivity index (χ1) is 40.5. The second kappa shape index (κ2) is 20.4. The van der Waals surface area contributed by atoms with E-state index >= 15 is 0 Å². The van der Waals surface area contributed by atoms with Gasteiger partial charge in [0.25, 0.3) is 0 Å². The molecule has 0 saturated heterocycles. The molecule has 14 rings (SSSR count). The summed E-state index contributed by atoms with van der Waals surface area (Å²) in [6, 6.07) is 72.1. The first kappa shape index (κ1) is 56.7. The zero-order valence-electron chi connectivity index (χ0n) is 51.8. The SMILES string of the molecule is Cc1cc(-n2c3[c-]c(Oc4[c-]c(N5[CH-]N(C)c6ccccc65)ccc4)ccc3c3ccccc32)ncc1-c1c(-n2c3ccc(C(C)(C)C)cc3c3cc(C(C)(C)C)ccc32)cccc1-n1c2ccc(C(C)(C)C)cc2c2cc(C(C)(C)C)ccc21.[Pt]. The summed E-state index contributed by atoms with van der Waals surface area (Å²) in [6.45, 7) is 32.1. The topological polar surface area (TPSA) is 43.4 Å². The van der Waals surface area contributed by atoms with Gasteiger partial charge in [-0.05, 0) is 154 Å². The maximum absolute atomic E-state index is 6.70. The van der Waals surface area contributed by atoms with Crippen LogP contribution in [0.4, 0.5) is 17.1 Å². The van der Waals surface area contributed by atoms with Crippen LogP contribution in [0.5, 0.6) is 11.5 Å². The van der Waals surface area contributed by atoms with E-state index in [1.165, 1.54) is 43.8 Å². The third kappa shape index (κ3) is 9.40. The van der Waals surface area contributed by atoms with Gasteiger partial charge in [-0.1, -0.05) is 149 Å². The van der Waals surface area contributed by atoms with Crippen molar-refractivity contribution >= 4 is 82.5 Å². The summed E-state index contributed by atoms with van der Waals surface area (Å²) < 4.78 is 14.0. The molecule has 9 aromatic carbocycles. The quantitative estimate of drug-likeness (QED) is 0.149. The predicted octanol–water partition coefficient (Wildman–Crippen LogP) is 20.6. The largest absolute Gasteiger partial charge is 0.509 e. The Bertz CT molecular complexity index is 4560. The molecule has 0 spiro atoms. The Labute approximate surface area is 520 Å². The maximum Gasteiger partial charge on any atom is 0.135 e. The Morgan fingerprint density at radius 2 is 0.872 bits per heavy atom. The fourth-order valence-corrected chi connectivity index (χ4v) is 12.9. The Balaban J connectivity index is 0.00000686. The zero-order valence-corrected chi connectivity index (χ0v) is 54.1. The van der Waals surface area contributed by atoms with Crippen LogP contribution in [-0.2, 0) is 42.7 Å². The molecule has 0 radical (unpaired) electrons. The molecular weight excluding hydrogens is 1230 g/mol. The van der Waals surface area contributed by atoms with E-state index in [0.717, 1.165) is 94.8 Å². The molecule has 0 aliphatic carbocycles. The van der Waals surface area contributed by atoms with Crippen LogP contribution in [0.1, 0.15) is 111 Å². The first-order valence-corrected chi connectivity index (χ1v) is 29.9. The minimum Gasteiger partial charge on any atom is -0.509 e. The smallest absolute Gasteiger partial charge is 0.135 e. The standard InChI is InChI=1S/C78H73N6O.Pt/c1-48-39-73(84-63-24-16-15-23-56(63)57-34-33-55(45-72(57)84)85-54-22-19-21-53(44-54)81-47-80(14)68-25-17-18-26-69(68)81)79-46-62(48)74-70(82-64-35-29-49(75(2,3)4)40-58(64)59-41-50(76(5,6)7)30-36-65(59)82)27-20-28-71(74)83-66-37-31-51(77(8,9)10)42-60(66)61-43-52(78(11,12)13)32-38-67(61)83;/h15-43,46-47H,1-14H3;/q-3;. The summed E-state index contributed by atoms with van der Waals surface area (Å²) in [5.74, 6) is 1.98. The molecule has 0 fully saturated rings. The Morgan fingerprint density at radius 1 is 0.419 bits per heavy atom. The van der Waals surface area contributed by atoms with Gasteiger partial charge in [0.1, 0.15) is 5.82 Å². The molecule has 1 aliphatic rings. The first-order valence-electron chi connectivity index (χ1n) is 29.9. The molecule has 0 amide bonds. The van der Waals surface area contributed by atoms with Gasteiger partial charge in [0.05, 0.1) is 33.4 Å². The zero-order chi connectivity index (χ0) is 59.2. The molecule has 0 unspecified atom stereocenters. The number of nitrogens with zero attached hydrogens (tertiary/aromatic N) is 6. The molecule has 8 heteroatoms. The number of benzene rings is 9. The monoisotopic (exact) mass is 1300 g/mol. The van der Waals surface area contributed by atoms with E-state index in [9.17, 15) is 0 Å². The summed E-state index contributed by atoms with van der Waals surface area (Å²) in [5, 5.41) is 7.17. The molecular formula is C78H73N6OPt-3. The van der Waals surface area contributed by atoms with Crippen LogP contribution in [0.3, 0.4) is 0 Å². The van der Waals surface area contributed by atoms with Crippen LogP contribution >= 0.6 is 0 Å². The Kier molecular flexibility index (Phi) is 13.4. The second-order valence-electron chi connectivity index (χ2n) is 27.7. The van der Waals surface area contributed by atoms with E-state index in [0.29, 0.717) is 11.5 Å². The van der Waals surface area contributed by atoms with Gasteiger partial charge in [0, 0.05) is 88.3 Å². The second-order valence-corrected chi connectivity index (χ2v) is 27.7. The summed E-state index contributed by atoms with van der Waals surface area (Å²) >= 11 is 0. The summed E-state index contributed by atoms with van der Waals surface area (Å²) in [4.78, 5) is 9.84. The molecule has 13 aromatic rings. The van der Waals surface area contributed by atoms with Gasteiger partial charge >= 0.3 is 0 Å². The van der Waals surface area contributed by atoms with E-state index in [1.54, 1.807) is 0 Å². The Morgan fingerprint density at radius 3 is 1.38 bits per heavy atom. The van der Waals surface area contributed by atoms with E-state index < -0.39 is 0 Å². The van der Waals surface area contributed by atoms with E-state index in [1.807, 2.05) is 18.2 Å². The number of hydrogen-bond donors (Lipinski definition) is 0. The molecule has 434 valence electrons. The van der Waals surface area contributed by atoms with Crippen molar-refractivity contribution in [1.29, 1.82) is 0 Å². The van der Waals surface area contributed by atoms with Gasteiger partial charge in [-0.25, -0.2) is 4.98 Å². The number of aryl methyl sites for hydroxylation is 1. The van der Waals surface area contributed by atoms with Gasteiger partial charge < -0.3 is 28.2 Å². The predicted molar refractivity (Wildman–Crippen MR) is 358 cm³/mol. The van der Waals surface area contributed by atoms with Gasteiger partial charge in [-0.2, -0.15) is 18.8 Å². The number of aromatic nitrogens is 4. The molecule has 86 heavy (non-hydrogen) atoms. The van der Waals surface area contributed by atoms with Crippen molar-refractivity contribution in [2.75, 3.05) is 16.8 Å². The molecule has 0 saturated carbocycles. The fourth-order valence-electron chi connectivity index (χ4n) is 12.9. The normalized spacial score (nSPS) is 13.3. The van der Waals surface area contributed by atoms with Crippen molar-refractivity contribution < 1.29 is 25.8 Å². The van der Waals surface area contributed by atoms with Crippen molar-refractivity contribution in [3.8, 4) is 39.8 Å². The molecule has 0 atom stereocenters. The average molecular weight is 1310 g/mol. The van der Waals surface area contributed by atoms with Crippen LogP contribution < -0.4 is 14.5 Å². The van der Waals surface area contributed by atoms with Crippen molar-refractivity contribution in [3.05, 3.63) is 229 Å². The number of rotatable bonds is 7. The maximum atomic E-state index is 6.70. The third-order valence-corrected chi connectivity index (χ3v) is 17.7. The molecule has 4 aromatic heterocycles. The third-order valence-electron chi connectivity index (χ3n) is 17.7. The number of fused-ring (bicyclic) bond motifs is 10. The Hall–Kier alpha value is -8.38. The van der Waals surface area contributed by atoms with Crippen molar-refractivity contribution in [2.24, 2.45) is 0 Å². The number of pyridine rings is 1. The van der Waals surface area contributed by atoms with E-state index in [-0.39, 0.29) is 42.7 Å². The van der Waals surface area contributed by atoms with Gasteiger partial charge in [-0.15, -0.1) is 41.4 Å². The summed E-state index contributed by atoms with van der Waals surface area (Å²) in [7, 11) is 2.07. The molecule has 5 heterocycles. The minimum absolute atomic E-state index is 0. The molecule has 7 nitrogen and oxygen atoms in total. The molecule has 0 bridgehead atoms. The number of para-hydroxylation sites is 3. The van der Waals surface area contributed by atoms with Crippen LogP contribution in [0.15, 0.2) is 182 Å². The van der Waals surface area contributed by atoms with Crippen molar-refractivity contribution in [2.45, 2.75) is 112 Å². The van der Waals surface area contributed by atoms with Gasteiger partial charge in [-0.3, -0.25) is 0 Å². The van der Waals surface area contributed by atoms with E-state index in [4.69, 9.17) is 9.72 Å². The molecule has 1 aliphatic heterocycles. The van der Waals surface area contributed by atoms with Crippen LogP contribution in [0, 0.1) is 25.7 Å². The van der Waals surface area contributed by atoms with Gasteiger partial charge in [0.2, 0.25) is 0 Å². The summed E-state index contributed by atoms with van der Waals surface area (Å²) in [5.41, 5.74) is 20.2. The average Bonchev–Trinajstić information content (AvgIpc) is 1.68. The minimum atomic E-state index is -0.0405. The number of hydrogen-bond acceptors (Lipinski definition) is 4. The van der Waals surface area contributed by atoms with Crippen LogP contribution in [0.2, 0.25) is 0 Å². The number of anilines is 3.